The molecule has 0 aromatic heterocycles. The summed E-state index contributed by atoms with van der Waals surface area (Å²) in [5.41, 5.74) is 0. The highest BCUT2D eigenvalue weighted by molar-refractivity contribution is 7.47. The molecule has 19 heteroatoms. The lowest BCUT2D eigenvalue weighted by Crippen LogP contribution is -2.30. The van der Waals surface area contributed by atoms with Gasteiger partial charge in [-0.05, 0) is 43.4 Å². The van der Waals surface area contributed by atoms with Gasteiger partial charge in [0.2, 0.25) is 0 Å². The zero-order valence-electron chi connectivity index (χ0n) is 73.4. The van der Waals surface area contributed by atoms with Crippen molar-refractivity contribution in [1.82, 2.24) is 0 Å². The molecule has 0 aliphatic rings. The average molecular weight is 1620 g/mol. The number of phosphoric ester groups is 2. The summed E-state index contributed by atoms with van der Waals surface area (Å²) in [4.78, 5) is 73.4. The monoisotopic (exact) mass is 1620 g/mol. The molecule has 660 valence electrons. The van der Waals surface area contributed by atoms with Crippen LogP contribution in [-0.4, -0.2) is 96.7 Å². The van der Waals surface area contributed by atoms with E-state index in [1.54, 1.807) is 0 Å². The maximum Gasteiger partial charge on any atom is 0.472 e. The minimum atomic E-state index is -4.97. The smallest absolute Gasteiger partial charge is 0.462 e. The Labute approximate surface area is 683 Å². The van der Waals surface area contributed by atoms with Crippen LogP contribution in [0.5, 0.6) is 0 Å². The van der Waals surface area contributed by atoms with Crippen molar-refractivity contribution in [2.45, 2.75) is 510 Å². The molecule has 0 saturated heterocycles. The molecule has 0 aliphatic heterocycles. The molecule has 3 N–H and O–H groups in total. The summed E-state index contributed by atoms with van der Waals surface area (Å²) in [7, 11) is -9.94. The number of carbonyl (C=O) groups is 4. The van der Waals surface area contributed by atoms with Crippen LogP contribution in [0.15, 0.2) is 0 Å². The predicted molar refractivity (Wildman–Crippen MR) is 460 cm³/mol. The molecule has 0 aromatic rings. The third-order valence-electron chi connectivity index (χ3n) is 22.0. The number of hydrogen-bond donors (Lipinski definition) is 3. The molecule has 0 heterocycles. The molecule has 0 aliphatic carbocycles. The van der Waals surface area contributed by atoms with E-state index in [2.05, 4.69) is 48.5 Å². The summed E-state index contributed by atoms with van der Waals surface area (Å²) in [6.45, 7) is 12.1. The zero-order chi connectivity index (χ0) is 81.5. The fourth-order valence-corrected chi connectivity index (χ4v) is 16.0. The summed E-state index contributed by atoms with van der Waals surface area (Å²) in [6, 6.07) is 0. The fraction of sp³-hybridized carbons (Fsp3) is 0.957. The Morgan fingerprint density at radius 2 is 0.459 bits per heavy atom. The second-order valence-corrected chi connectivity index (χ2v) is 37.2. The lowest BCUT2D eigenvalue weighted by atomic mass is 9.99. The largest absolute Gasteiger partial charge is 0.472 e. The molecular formula is C92H180O17P2. The minimum Gasteiger partial charge on any atom is -0.462 e. The van der Waals surface area contributed by atoms with Crippen LogP contribution in [0.4, 0.5) is 0 Å². The van der Waals surface area contributed by atoms with Crippen LogP contribution in [0.3, 0.4) is 0 Å². The highest BCUT2D eigenvalue weighted by atomic mass is 31.2. The maximum absolute atomic E-state index is 13.2. The Hall–Kier alpha value is -1.94. The first kappa shape index (κ1) is 109. The molecule has 0 spiro atoms. The number of esters is 4. The van der Waals surface area contributed by atoms with Gasteiger partial charge in [0.15, 0.2) is 12.2 Å². The number of ether oxygens (including phenoxy) is 4. The van der Waals surface area contributed by atoms with Crippen molar-refractivity contribution >= 4 is 39.5 Å². The Morgan fingerprint density at radius 1 is 0.261 bits per heavy atom. The first-order valence-electron chi connectivity index (χ1n) is 47.4. The summed E-state index contributed by atoms with van der Waals surface area (Å²) in [5, 5.41) is 10.7. The van der Waals surface area contributed by atoms with Gasteiger partial charge in [0.25, 0.3) is 0 Å². The van der Waals surface area contributed by atoms with Gasteiger partial charge < -0.3 is 33.8 Å². The number of aliphatic hydroxyl groups is 1. The number of rotatable bonds is 90. The molecular weight excluding hydrogens is 1440 g/mol. The topological polar surface area (TPSA) is 237 Å². The van der Waals surface area contributed by atoms with Crippen LogP contribution in [0, 0.1) is 17.8 Å². The Balaban J connectivity index is 5.22. The SMILES string of the molecule is CCCCCCCCCCCCCCCCCCCCCCC(=O)OC[C@H](COP(=O)(O)OC[C@@H](O)COP(=O)(O)OC[C@@H](COC(=O)CCCCCCCCCC(C)C)OC(=O)CCCCCCCCCCCCCCCCCCC(C)C)OC(=O)CCCCCCCCCCCCCCCCCCCCC(C)CC. The maximum atomic E-state index is 13.2. The van der Waals surface area contributed by atoms with E-state index in [1.807, 2.05) is 0 Å². The van der Waals surface area contributed by atoms with Gasteiger partial charge in [-0.2, -0.15) is 0 Å². The van der Waals surface area contributed by atoms with Gasteiger partial charge in [0, 0.05) is 25.7 Å². The van der Waals surface area contributed by atoms with Crippen LogP contribution < -0.4 is 0 Å². The predicted octanol–water partition coefficient (Wildman–Crippen LogP) is 28.4. The van der Waals surface area contributed by atoms with E-state index >= 15 is 0 Å². The zero-order valence-corrected chi connectivity index (χ0v) is 75.2. The molecule has 0 bridgehead atoms. The standard InChI is InChI=1S/C92H180O17P2/c1-8-10-11-12-13-14-15-16-17-18-19-20-24-30-35-40-45-52-59-66-73-89(94)102-79-87(108-91(96)75-68-61-53-46-41-36-31-25-22-21-23-29-34-39-44-51-58-65-72-85(7)9-2)81-106-110(98,99)104-77-86(93)78-105-111(100,101)107-82-88(80-103-90(95)74-67-60-55-48-50-57-64-71-84(5)6)109-92(97)76-69-62-54-47-42-37-32-27-26-28-33-38-43-49-56-63-70-83(3)4/h83-88,93H,8-82H2,1-7H3,(H,98,99)(H,100,101)/t85?,86-,87-,88-/m1/s1. The van der Waals surface area contributed by atoms with Crippen LogP contribution >= 0.6 is 15.6 Å². The van der Waals surface area contributed by atoms with Gasteiger partial charge >= 0.3 is 39.5 Å². The first-order chi connectivity index (χ1) is 53.8. The summed E-state index contributed by atoms with van der Waals surface area (Å²) in [6.07, 6.45) is 75.2. The van der Waals surface area contributed by atoms with Crippen molar-refractivity contribution in [3.8, 4) is 0 Å². The highest BCUT2D eigenvalue weighted by Crippen LogP contribution is 2.45. The van der Waals surface area contributed by atoms with E-state index in [0.29, 0.717) is 31.6 Å². The molecule has 6 atom stereocenters. The number of aliphatic hydroxyl groups excluding tert-OH is 1. The highest BCUT2D eigenvalue weighted by Gasteiger charge is 2.31. The van der Waals surface area contributed by atoms with E-state index in [-0.39, 0.29) is 25.7 Å². The minimum absolute atomic E-state index is 0.107. The van der Waals surface area contributed by atoms with Crippen LogP contribution in [0.25, 0.3) is 0 Å². The fourth-order valence-electron chi connectivity index (χ4n) is 14.4. The summed E-state index contributed by atoms with van der Waals surface area (Å²) < 4.78 is 69.1. The Bertz CT molecular complexity index is 2130. The third kappa shape index (κ3) is 84.3. The second kappa shape index (κ2) is 81.8. The van der Waals surface area contributed by atoms with Crippen LogP contribution in [0.1, 0.15) is 492 Å². The molecule has 3 unspecified atom stereocenters. The van der Waals surface area contributed by atoms with E-state index < -0.39 is 97.5 Å². The van der Waals surface area contributed by atoms with Crippen LogP contribution in [0.2, 0.25) is 0 Å². The third-order valence-corrected chi connectivity index (χ3v) is 23.9. The van der Waals surface area contributed by atoms with Crippen molar-refractivity contribution in [2.75, 3.05) is 39.6 Å². The van der Waals surface area contributed by atoms with Crippen molar-refractivity contribution in [2.24, 2.45) is 17.8 Å². The summed E-state index contributed by atoms with van der Waals surface area (Å²) >= 11 is 0. The van der Waals surface area contributed by atoms with E-state index in [4.69, 9.17) is 37.0 Å². The first-order valence-corrected chi connectivity index (χ1v) is 50.4. The van der Waals surface area contributed by atoms with Gasteiger partial charge in [-0.3, -0.25) is 37.3 Å². The van der Waals surface area contributed by atoms with E-state index in [9.17, 15) is 43.2 Å². The number of hydrogen-bond acceptors (Lipinski definition) is 15. The molecule has 0 aromatic carbocycles. The quantitative estimate of drug-likeness (QED) is 0.0222. The molecule has 17 nitrogen and oxygen atoms in total. The van der Waals surface area contributed by atoms with Crippen LogP contribution in [-0.2, 0) is 65.4 Å². The molecule has 0 fully saturated rings. The number of unbranched alkanes of at least 4 members (excludes halogenated alkanes) is 57. The van der Waals surface area contributed by atoms with Gasteiger partial charge in [-0.15, -0.1) is 0 Å². The van der Waals surface area contributed by atoms with Crippen molar-refractivity contribution in [1.29, 1.82) is 0 Å². The molecule has 0 saturated carbocycles. The van der Waals surface area contributed by atoms with Crippen molar-refractivity contribution in [3.63, 3.8) is 0 Å². The second-order valence-electron chi connectivity index (χ2n) is 34.2. The number of phosphoric acid groups is 2. The molecule has 0 amide bonds. The number of carbonyl (C=O) groups excluding carboxylic acids is 4. The Kier molecular flexibility index (Phi) is 80.4. The lowest BCUT2D eigenvalue weighted by molar-refractivity contribution is -0.161. The van der Waals surface area contributed by atoms with Gasteiger partial charge in [-0.25, -0.2) is 9.13 Å². The van der Waals surface area contributed by atoms with E-state index in [0.717, 1.165) is 108 Å². The van der Waals surface area contributed by atoms with Crippen molar-refractivity contribution in [3.05, 3.63) is 0 Å². The molecule has 0 radical (unpaired) electrons. The Morgan fingerprint density at radius 3 is 0.685 bits per heavy atom. The average Bonchev–Trinajstić information content (AvgIpc) is 0.899. The normalized spacial score (nSPS) is 14.0. The van der Waals surface area contributed by atoms with Gasteiger partial charge in [0.1, 0.15) is 19.3 Å². The lowest BCUT2D eigenvalue weighted by Gasteiger charge is -2.21. The van der Waals surface area contributed by atoms with E-state index in [1.165, 1.54) is 295 Å². The van der Waals surface area contributed by atoms with Gasteiger partial charge in [-0.1, -0.05) is 440 Å². The molecule has 0 rings (SSSR count). The summed E-state index contributed by atoms with van der Waals surface area (Å²) in [5.74, 6) is 0.286. The molecule has 111 heavy (non-hydrogen) atoms. The van der Waals surface area contributed by atoms with Gasteiger partial charge in [0.05, 0.1) is 26.4 Å². The van der Waals surface area contributed by atoms with Crippen molar-refractivity contribution < 1.29 is 80.2 Å².